The molecular formula is C16H28N2S. The van der Waals surface area contributed by atoms with Crippen molar-refractivity contribution in [2.24, 2.45) is 5.92 Å². The van der Waals surface area contributed by atoms with Crippen molar-refractivity contribution in [3.63, 3.8) is 0 Å². The van der Waals surface area contributed by atoms with E-state index < -0.39 is 0 Å². The third-order valence-corrected chi connectivity index (χ3v) is 5.22. The normalized spacial score (nSPS) is 21.5. The maximum atomic E-state index is 3.58. The molecule has 1 aromatic heterocycles. The Kier molecular flexibility index (Phi) is 6.35. The minimum atomic E-state index is 0.979. The fourth-order valence-electron chi connectivity index (χ4n) is 2.89. The third-order valence-electron chi connectivity index (χ3n) is 4.22. The molecule has 1 aliphatic rings. The van der Waals surface area contributed by atoms with Crippen LogP contribution >= 0.6 is 11.3 Å². The van der Waals surface area contributed by atoms with E-state index in [2.05, 4.69) is 36.2 Å². The lowest BCUT2D eigenvalue weighted by Crippen LogP contribution is -2.32. The van der Waals surface area contributed by atoms with Crippen LogP contribution in [0.3, 0.4) is 0 Å². The van der Waals surface area contributed by atoms with Crippen LogP contribution in [0.4, 0.5) is 0 Å². The zero-order valence-corrected chi connectivity index (χ0v) is 13.3. The van der Waals surface area contributed by atoms with E-state index >= 15 is 0 Å². The van der Waals surface area contributed by atoms with E-state index in [0.29, 0.717) is 0 Å². The van der Waals surface area contributed by atoms with E-state index in [1.54, 1.807) is 0 Å². The van der Waals surface area contributed by atoms with Crippen molar-refractivity contribution in [3.8, 4) is 0 Å². The first-order valence-corrected chi connectivity index (χ1v) is 8.58. The Morgan fingerprint density at radius 1 is 1.32 bits per heavy atom. The molecule has 1 aromatic rings. The molecule has 19 heavy (non-hydrogen) atoms. The first-order valence-electron chi connectivity index (χ1n) is 7.76. The lowest BCUT2D eigenvalue weighted by molar-refractivity contribution is 0.279. The van der Waals surface area contributed by atoms with E-state index in [9.17, 15) is 0 Å². The van der Waals surface area contributed by atoms with Gasteiger partial charge in [0.1, 0.15) is 0 Å². The summed E-state index contributed by atoms with van der Waals surface area (Å²) in [5, 5.41) is 3.58. The predicted octanol–water partition coefficient (Wildman–Crippen LogP) is 3.66. The van der Waals surface area contributed by atoms with E-state index in [1.807, 2.05) is 11.3 Å². The van der Waals surface area contributed by atoms with Gasteiger partial charge in [-0.05, 0) is 57.3 Å². The second-order valence-corrected chi connectivity index (χ2v) is 7.11. The average molecular weight is 280 g/mol. The smallest absolute Gasteiger partial charge is 0.0300 e. The Morgan fingerprint density at radius 3 is 2.95 bits per heavy atom. The van der Waals surface area contributed by atoms with Crippen LogP contribution < -0.4 is 5.32 Å². The van der Waals surface area contributed by atoms with Gasteiger partial charge in [-0.15, -0.1) is 11.3 Å². The molecule has 1 atom stereocenters. The van der Waals surface area contributed by atoms with E-state index in [4.69, 9.17) is 0 Å². The summed E-state index contributed by atoms with van der Waals surface area (Å²) in [5.74, 6) is 0.979. The van der Waals surface area contributed by atoms with Gasteiger partial charge in [0.25, 0.3) is 0 Å². The highest BCUT2D eigenvalue weighted by Gasteiger charge is 2.14. The summed E-state index contributed by atoms with van der Waals surface area (Å²) in [7, 11) is 0. The van der Waals surface area contributed by atoms with Crippen molar-refractivity contribution in [3.05, 3.63) is 21.9 Å². The molecule has 0 saturated carbocycles. The lowest BCUT2D eigenvalue weighted by atomic mass is 9.98. The number of hydrogen-bond donors (Lipinski definition) is 1. The number of hydrogen-bond acceptors (Lipinski definition) is 3. The maximum Gasteiger partial charge on any atom is 0.0300 e. The van der Waals surface area contributed by atoms with Crippen molar-refractivity contribution in [2.45, 2.75) is 46.1 Å². The monoisotopic (exact) mass is 280 g/mol. The molecular weight excluding hydrogens is 252 g/mol. The molecule has 1 saturated heterocycles. The van der Waals surface area contributed by atoms with Gasteiger partial charge in [-0.2, -0.15) is 0 Å². The fourth-order valence-corrected chi connectivity index (χ4v) is 3.75. The maximum absolute atomic E-state index is 3.58. The Hall–Kier alpha value is -0.380. The minimum absolute atomic E-state index is 0.979. The van der Waals surface area contributed by atoms with Crippen molar-refractivity contribution in [2.75, 3.05) is 26.2 Å². The first-order chi connectivity index (χ1) is 9.28. The Bertz CT molecular complexity index is 361. The molecule has 2 nitrogen and oxygen atoms in total. The SMILES string of the molecule is CCC1CCCN(CCNCc2ccc(C)s2)CC1. The molecule has 0 aliphatic carbocycles. The van der Waals surface area contributed by atoms with Crippen LogP contribution in [0, 0.1) is 12.8 Å². The van der Waals surface area contributed by atoms with Gasteiger partial charge in [0.2, 0.25) is 0 Å². The van der Waals surface area contributed by atoms with Gasteiger partial charge in [0.15, 0.2) is 0 Å². The molecule has 1 N–H and O–H groups in total. The molecule has 0 aromatic carbocycles. The zero-order valence-electron chi connectivity index (χ0n) is 12.5. The van der Waals surface area contributed by atoms with Crippen LogP contribution in [0.5, 0.6) is 0 Å². The van der Waals surface area contributed by atoms with Crippen LogP contribution in [-0.2, 0) is 6.54 Å². The molecule has 2 heterocycles. The van der Waals surface area contributed by atoms with Crippen LogP contribution in [-0.4, -0.2) is 31.1 Å². The van der Waals surface area contributed by atoms with E-state index in [0.717, 1.165) is 19.0 Å². The van der Waals surface area contributed by atoms with Gasteiger partial charge in [-0.3, -0.25) is 0 Å². The number of aryl methyl sites for hydroxylation is 1. The molecule has 3 heteroatoms. The number of nitrogens with one attached hydrogen (secondary N) is 1. The molecule has 0 bridgehead atoms. The quantitative estimate of drug-likeness (QED) is 0.800. The van der Waals surface area contributed by atoms with Gasteiger partial charge < -0.3 is 10.2 Å². The van der Waals surface area contributed by atoms with Gasteiger partial charge in [-0.1, -0.05) is 13.3 Å². The van der Waals surface area contributed by atoms with E-state index in [-0.39, 0.29) is 0 Å². The largest absolute Gasteiger partial charge is 0.311 e. The van der Waals surface area contributed by atoms with Gasteiger partial charge in [0, 0.05) is 29.4 Å². The average Bonchev–Trinajstić information content (AvgIpc) is 2.70. The molecule has 1 fully saturated rings. The number of nitrogens with zero attached hydrogens (tertiary/aromatic N) is 1. The molecule has 1 unspecified atom stereocenters. The van der Waals surface area contributed by atoms with Crippen LogP contribution in [0.2, 0.25) is 0 Å². The zero-order chi connectivity index (χ0) is 13.5. The summed E-state index contributed by atoms with van der Waals surface area (Å²) in [6.45, 7) is 10.5. The topological polar surface area (TPSA) is 15.3 Å². The summed E-state index contributed by atoms with van der Waals surface area (Å²) < 4.78 is 0. The fraction of sp³-hybridized carbons (Fsp3) is 0.750. The summed E-state index contributed by atoms with van der Waals surface area (Å²) in [4.78, 5) is 5.51. The second-order valence-electron chi connectivity index (χ2n) is 5.74. The number of likely N-dealkylation sites (tertiary alicyclic amines) is 1. The lowest BCUT2D eigenvalue weighted by Gasteiger charge is -2.20. The minimum Gasteiger partial charge on any atom is -0.311 e. The summed E-state index contributed by atoms with van der Waals surface area (Å²) in [6.07, 6.45) is 5.60. The van der Waals surface area contributed by atoms with Crippen LogP contribution in [0.25, 0.3) is 0 Å². The first kappa shape index (κ1) is 15.0. The van der Waals surface area contributed by atoms with Gasteiger partial charge in [-0.25, -0.2) is 0 Å². The Morgan fingerprint density at radius 2 is 2.21 bits per heavy atom. The summed E-state index contributed by atoms with van der Waals surface area (Å²) in [5.41, 5.74) is 0. The van der Waals surface area contributed by atoms with E-state index in [1.165, 1.54) is 55.1 Å². The molecule has 2 rings (SSSR count). The predicted molar refractivity (Wildman–Crippen MR) is 84.8 cm³/mol. The molecule has 1 aliphatic heterocycles. The third kappa shape index (κ3) is 5.25. The highest BCUT2D eigenvalue weighted by Crippen LogP contribution is 2.19. The van der Waals surface area contributed by atoms with Gasteiger partial charge in [0.05, 0.1) is 0 Å². The Balaban J connectivity index is 1.60. The van der Waals surface area contributed by atoms with Crippen molar-refractivity contribution in [1.29, 1.82) is 0 Å². The van der Waals surface area contributed by atoms with Gasteiger partial charge >= 0.3 is 0 Å². The highest BCUT2D eigenvalue weighted by molar-refractivity contribution is 7.11. The van der Waals surface area contributed by atoms with Crippen molar-refractivity contribution < 1.29 is 0 Å². The molecule has 0 radical (unpaired) electrons. The van der Waals surface area contributed by atoms with Crippen LogP contribution in [0.1, 0.15) is 42.4 Å². The number of thiophene rings is 1. The van der Waals surface area contributed by atoms with Crippen LogP contribution in [0.15, 0.2) is 12.1 Å². The standard InChI is InChI=1S/C16H28N2S/c1-3-15-5-4-10-18(11-8-15)12-9-17-13-16-7-6-14(2)19-16/h6-7,15,17H,3-5,8-13H2,1-2H3. The molecule has 0 amide bonds. The Labute approximate surface area is 122 Å². The molecule has 0 spiro atoms. The summed E-state index contributed by atoms with van der Waals surface area (Å²) >= 11 is 1.90. The molecule has 108 valence electrons. The van der Waals surface area contributed by atoms with Crippen molar-refractivity contribution >= 4 is 11.3 Å². The second kappa shape index (κ2) is 8.03. The number of rotatable bonds is 6. The van der Waals surface area contributed by atoms with Crippen molar-refractivity contribution in [1.82, 2.24) is 10.2 Å². The highest BCUT2D eigenvalue weighted by atomic mass is 32.1. The summed E-state index contributed by atoms with van der Waals surface area (Å²) in [6, 6.07) is 4.45.